The van der Waals surface area contributed by atoms with Crippen molar-refractivity contribution in [1.29, 1.82) is 5.26 Å². The first-order valence-corrected chi connectivity index (χ1v) is 12.6. The molecule has 4 aromatic rings. The Morgan fingerprint density at radius 1 is 1.09 bits per heavy atom. The molecule has 6 heteroatoms. The lowest BCUT2D eigenvalue weighted by Crippen LogP contribution is -2.29. The molecule has 0 fully saturated rings. The Hall–Kier alpha value is -3.20. The van der Waals surface area contributed by atoms with Crippen molar-refractivity contribution in [2.24, 2.45) is 0 Å². The van der Waals surface area contributed by atoms with Crippen molar-refractivity contribution in [3.63, 3.8) is 0 Å². The molecule has 172 valence electrons. The van der Waals surface area contributed by atoms with Gasteiger partial charge in [-0.2, -0.15) is 5.26 Å². The third-order valence-corrected chi connectivity index (χ3v) is 7.16. The van der Waals surface area contributed by atoms with Crippen LogP contribution < -0.4 is 5.56 Å². The Balaban J connectivity index is 1.68. The highest BCUT2D eigenvalue weighted by Crippen LogP contribution is 2.25. The zero-order valence-corrected chi connectivity index (χ0v) is 20.9. The van der Waals surface area contributed by atoms with Crippen LogP contribution in [-0.2, 0) is 19.4 Å². The average molecular weight is 488 g/mol. The molecule has 0 saturated carbocycles. The summed E-state index contributed by atoms with van der Waals surface area (Å²) in [5.41, 5.74) is 5.26. The van der Waals surface area contributed by atoms with Gasteiger partial charge in [0.05, 0.1) is 28.2 Å². The van der Waals surface area contributed by atoms with Gasteiger partial charge in [-0.3, -0.25) is 9.36 Å². The van der Waals surface area contributed by atoms with E-state index >= 15 is 0 Å². The zero-order valence-electron chi connectivity index (χ0n) is 19.3. The van der Waals surface area contributed by atoms with Crippen LogP contribution in [0.2, 0.25) is 4.34 Å². The van der Waals surface area contributed by atoms with Crippen molar-refractivity contribution in [3.8, 4) is 17.2 Å². The number of hydrogen-bond acceptors (Lipinski definition) is 4. The molecule has 0 aliphatic carbocycles. The lowest BCUT2D eigenvalue weighted by atomic mass is 9.97. The number of halogens is 1. The molecule has 0 atom stereocenters. The Morgan fingerprint density at radius 2 is 1.85 bits per heavy atom. The number of aromatic nitrogens is 2. The van der Waals surface area contributed by atoms with Gasteiger partial charge in [-0.05, 0) is 54.7 Å². The highest BCUT2D eigenvalue weighted by Gasteiger charge is 2.16. The summed E-state index contributed by atoms with van der Waals surface area (Å²) in [6.07, 6.45) is 3.36. The molecule has 4 rings (SSSR count). The van der Waals surface area contributed by atoms with Gasteiger partial charge in [0.2, 0.25) is 0 Å². The van der Waals surface area contributed by atoms with E-state index in [1.165, 1.54) is 11.3 Å². The number of unbranched alkanes of at least 4 members (excludes halogenated alkanes) is 1. The molecule has 0 aliphatic heterocycles. The Bertz CT molecular complexity index is 1400. The van der Waals surface area contributed by atoms with E-state index in [2.05, 4.69) is 13.0 Å². The molecule has 0 radical (unpaired) electrons. The van der Waals surface area contributed by atoms with Crippen molar-refractivity contribution in [1.82, 2.24) is 9.55 Å². The molecule has 34 heavy (non-hydrogen) atoms. The highest BCUT2D eigenvalue weighted by molar-refractivity contribution is 7.16. The third kappa shape index (κ3) is 5.30. The van der Waals surface area contributed by atoms with Gasteiger partial charge in [0.25, 0.3) is 5.56 Å². The van der Waals surface area contributed by atoms with Gasteiger partial charge in [0.1, 0.15) is 5.82 Å². The summed E-state index contributed by atoms with van der Waals surface area (Å²) in [6, 6.07) is 21.8. The van der Waals surface area contributed by atoms with Crippen LogP contribution in [0.5, 0.6) is 0 Å². The fourth-order valence-corrected chi connectivity index (χ4v) is 5.18. The minimum Gasteiger partial charge on any atom is -0.291 e. The van der Waals surface area contributed by atoms with Crippen LogP contribution in [0.1, 0.15) is 52.9 Å². The lowest BCUT2D eigenvalue weighted by molar-refractivity contribution is 0.667. The quantitative estimate of drug-likeness (QED) is 0.275. The molecule has 4 nitrogen and oxygen atoms in total. The number of nitrogens with zero attached hydrogens (tertiary/aromatic N) is 3. The monoisotopic (exact) mass is 487 g/mol. The van der Waals surface area contributed by atoms with Crippen molar-refractivity contribution < 1.29 is 0 Å². The van der Waals surface area contributed by atoms with Crippen LogP contribution in [0.25, 0.3) is 11.1 Å². The molecule has 0 unspecified atom stereocenters. The first-order chi connectivity index (χ1) is 16.5. The standard InChI is InChI=1S/C28H26ClN3OS/c1-3-4-9-26-25(28(33)32(19(2)31-26)18-23-14-15-27(29)34-23)16-20-10-12-21(13-11-20)24-8-6-5-7-22(24)17-30/h5-8,10-15H,3-4,9,16,18H2,1-2H3. The van der Waals surface area contributed by atoms with Crippen LogP contribution in [0.4, 0.5) is 0 Å². The van der Waals surface area contributed by atoms with Crippen LogP contribution in [0, 0.1) is 18.3 Å². The number of aryl methyl sites for hydroxylation is 2. The number of hydrogen-bond donors (Lipinski definition) is 0. The van der Waals surface area contributed by atoms with Crippen LogP contribution in [0.3, 0.4) is 0 Å². The molecule has 0 N–H and O–H groups in total. The number of rotatable bonds is 8. The Kier molecular flexibility index (Phi) is 7.62. The highest BCUT2D eigenvalue weighted by atomic mass is 35.5. The second-order valence-corrected chi connectivity index (χ2v) is 10.1. The molecule has 0 amide bonds. The first kappa shape index (κ1) is 23.9. The van der Waals surface area contributed by atoms with Gasteiger partial charge in [-0.1, -0.05) is 67.4 Å². The maximum atomic E-state index is 13.6. The van der Waals surface area contributed by atoms with E-state index in [1.807, 2.05) is 67.6 Å². The second kappa shape index (κ2) is 10.8. The van der Waals surface area contributed by atoms with Crippen LogP contribution in [0.15, 0.2) is 65.5 Å². The third-order valence-electron chi connectivity index (χ3n) is 5.94. The maximum absolute atomic E-state index is 13.6. The van der Waals surface area contributed by atoms with Crippen molar-refractivity contribution >= 4 is 22.9 Å². The SMILES string of the molecule is CCCCc1nc(C)n(Cc2ccc(Cl)s2)c(=O)c1Cc1ccc(-c2ccccc2C#N)cc1. The molecule has 2 heterocycles. The number of thiophene rings is 1. The largest absolute Gasteiger partial charge is 0.291 e. The molecule has 0 spiro atoms. The zero-order chi connectivity index (χ0) is 24.1. The average Bonchev–Trinajstić information content (AvgIpc) is 3.27. The molecule has 2 aromatic heterocycles. The van der Waals surface area contributed by atoms with E-state index in [0.29, 0.717) is 22.9 Å². The van der Waals surface area contributed by atoms with Crippen LogP contribution >= 0.6 is 22.9 Å². The van der Waals surface area contributed by atoms with Crippen molar-refractivity contribution in [2.75, 3.05) is 0 Å². The number of benzene rings is 2. The molecule has 0 bridgehead atoms. The minimum absolute atomic E-state index is 0.0158. The van der Waals surface area contributed by atoms with E-state index in [1.54, 1.807) is 4.57 Å². The molecule has 0 saturated heterocycles. The van der Waals surface area contributed by atoms with Gasteiger partial charge in [-0.25, -0.2) is 4.98 Å². The summed E-state index contributed by atoms with van der Waals surface area (Å²) < 4.78 is 2.47. The van der Waals surface area contributed by atoms with Gasteiger partial charge >= 0.3 is 0 Å². The van der Waals surface area contributed by atoms with E-state index in [9.17, 15) is 10.1 Å². The minimum atomic E-state index is 0.0158. The van der Waals surface area contributed by atoms with Gasteiger partial charge < -0.3 is 0 Å². The van der Waals surface area contributed by atoms with E-state index in [0.717, 1.165) is 57.9 Å². The maximum Gasteiger partial charge on any atom is 0.257 e. The summed E-state index contributed by atoms with van der Waals surface area (Å²) in [6.45, 7) is 4.52. The summed E-state index contributed by atoms with van der Waals surface area (Å²) in [5.74, 6) is 0.729. The number of nitriles is 1. The molecule has 2 aromatic carbocycles. The van der Waals surface area contributed by atoms with Crippen molar-refractivity contribution in [3.05, 3.63) is 108 Å². The summed E-state index contributed by atoms with van der Waals surface area (Å²) in [5, 5.41) is 9.42. The summed E-state index contributed by atoms with van der Waals surface area (Å²) in [4.78, 5) is 19.5. The summed E-state index contributed by atoms with van der Waals surface area (Å²) >= 11 is 7.59. The van der Waals surface area contributed by atoms with Gasteiger partial charge in [0.15, 0.2) is 0 Å². The van der Waals surface area contributed by atoms with E-state index < -0.39 is 0 Å². The Labute approximate surface area is 209 Å². The van der Waals surface area contributed by atoms with E-state index in [-0.39, 0.29) is 5.56 Å². The molecular weight excluding hydrogens is 462 g/mol. The normalized spacial score (nSPS) is 10.9. The fourth-order valence-electron chi connectivity index (χ4n) is 4.10. The molecular formula is C28H26ClN3OS. The smallest absolute Gasteiger partial charge is 0.257 e. The summed E-state index contributed by atoms with van der Waals surface area (Å²) in [7, 11) is 0. The molecule has 0 aliphatic rings. The van der Waals surface area contributed by atoms with Gasteiger partial charge in [-0.15, -0.1) is 11.3 Å². The van der Waals surface area contributed by atoms with Crippen LogP contribution in [-0.4, -0.2) is 9.55 Å². The predicted molar refractivity (Wildman–Crippen MR) is 140 cm³/mol. The lowest BCUT2D eigenvalue weighted by Gasteiger charge is -2.15. The predicted octanol–water partition coefficient (Wildman–Crippen LogP) is 6.79. The first-order valence-electron chi connectivity index (χ1n) is 11.4. The topological polar surface area (TPSA) is 58.7 Å². The van der Waals surface area contributed by atoms with E-state index in [4.69, 9.17) is 16.6 Å². The fraction of sp³-hybridized carbons (Fsp3) is 0.250. The van der Waals surface area contributed by atoms with Gasteiger partial charge in [0, 0.05) is 16.9 Å². The Morgan fingerprint density at radius 3 is 2.53 bits per heavy atom. The van der Waals surface area contributed by atoms with Crippen molar-refractivity contribution in [2.45, 2.75) is 46.1 Å². The second-order valence-electron chi connectivity index (χ2n) is 8.32.